The third-order valence-corrected chi connectivity index (χ3v) is 6.10. The maximum Gasteiger partial charge on any atom is 0.322 e. The van der Waals surface area contributed by atoms with Crippen LogP contribution in [-0.2, 0) is 15.7 Å². The van der Waals surface area contributed by atoms with Gasteiger partial charge in [-0.25, -0.2) is 4.79 Å². The largest absolute Gasteiger partial charge is 0.338 e. The van der Waals surface area contributed by atoms with Crippen molar-refractivity contribution in [3.8, 4) is 11.4 Å². The van der Waals surface area contributed by atoms with Crippen LogP contribution in [0.15, 0.2) is 47.0 Å². The van der Waals surface area contributed by atoms with E-state index in [1.54, 1.807) is 13.0 Å². The lowest BCUT2D eigenvalue weighted by Gasteiger charge is -2.21. The summed E-state index contributed by atoms with van der Waals surface area (Å²) in [6.45, 7) is 5.86. The van der Waals surface area contributed by atoms with Gasteiger partial charge in [0.05, 0.1) is 5.41 Å². The molecule has 7 nitrogen and oxygen atoms in total. The third kappa shape index (κ3) is 2.81. The number of nitrogens with zero attached hydrogens (tertiary/aromatic N) is 2. The number of rotatable bonds is 4. The number of hydrogen-bond donors (Lipinski definition) is 2. The summed E-state index contributed by atoms with van der Waals surface area (Å²) in [6.07, 6.45) is 1.95. The Morgan fingerprint density at radius 2 is 1.73 bits per heavy atom. The molecule has 1 saturated carbocycles. The van der Waals surface area contributed by atoms with Crippen LogP contribution in [0.4, 0.5) is 4.79 Å². The highest BCUT2D eigenvalue weighted by Gasteiger charge is 2.51. The van der Waals surface area contributed by atoms with Crippen molar-refractivity contribution in [2.24, 2.45) is 0 Å². The second-order valence-corrected chi connectivity index (χ2v) is 8.50. The molecule has 2 N–H and O–H groups in total. The minimum absolute atomic E-state index is 0.217. The van der Waals surface area contributed by atoms with E-state index in [9.17, 15) is 9.59 Å². The van der Waals surface area contributed by atoms with E-state index in [1.807, 2.05) is 18.2 Å². The van der Waals surface area contributed by atoms with Crippen LogP contribution in [0.3, 0.4) is 0 Å². The van der Waals surface area contributed by atoms with Gasteiger partial charge in [0.1, 0.15) is 5.54 Å². The lowest BCUT2D eigenvalue weighted by atomic mass is 9.91. The van der Waals surface area contributed by atoms with Crippen molar-refractivity contribution in [3.05, 3.63) is 70.6 Å². The Morgan fingerprint density at radius 3 is 2.37 bits per heavy atom. The maximum absolute atomic E-state index is 12.3. The Bertz CT molecular complexity index is 1170. The van der Waals surface area contributed by atoms with Crippen LogP contribution in [0.2, 0.25) is 0 Å². The number of carbonyl (C=O) groups excluding carboxylic acids is 2. The molecule has 30 heavy (non-hydrogen) atoms. The van der Waals surface area contributed by atoms with Crippen molar-refractivity contribution >= 4 is 11.9 Å². The SMILES string of the molecule is Cc1cc(C)cc(C2(c3nc(-c4cccc(C5(C)NC(=O)NC5=O)c4)no3)CC2)c1. The number of nitrogens with one attached hydrogen (secondary N) is 2. The third-order valence-electron chi connectivity index (χ3n) is 6.10. The number of amides is 3. The monoisotopic (exact) mass is 402 g/mol. The van der Waals surface area contributed by atoms with Gasteiger partial charge in [-0.1, -0.05) is 52.7 Å². The average molecular weight is 402 g/mol. The molecule has 3 amide bonds. The van der Waals surface area contributed by atoms with E-state index < -0.39 is 11.6 Å². The number of carbonyl (C=O) groups is 2. The molecule has 152 valence electrons. The predicted molar refractivity (Wildman–Crippen MR) is 110 cm³/mol. The van der Waals surface area contributed by atoms with E-state index in [-0.39, 0.29) is 11.3 Å². The zero-order valence-electron chi connectivity index (χ0n) is 17.1. The maximum atomic E-state index is 12.3. The highest BCUT2D eigenvalue weighted by atomic mass is 16.5. The summed E-state index contributed by atoms with van der Waals surface area (Å²) in [5, 5.41) is 9.18. The molecule has 2 aliphatic rings. The fourth-order valence-corrected chi connectivity index (χ4v) is 4.25. The van der Waals surface area contributed by atoms with E-state index in [2.05, 4.69) is 47.8 Å². The second-order valence-electron chi connectivity index (χ2n) is 8.50. The highest BCUT2D eigenvalue weighted by molar-refractivity contribution is 6.07. The minimum Gasteiger partial charge on any atom is -0.338 e. The Morgan fingerprint density at radius 1 is 1.00 bits per heavy atom. The van der Waals surface area contributed by atoms with Crippen molar-refractivity contribution < 1.29 is 14.1 Å². The van der Waals surface area contributed by atoms with Crippen LogP contribution in [0, 0.1) is 13.8 Å². The van der Waals surface area contributed by atoms with E-state index in [0.29, 0.717) is 17.3 Å². The molecule has 0 radical (unpaired) electrons. The van der Waals surface area contributed by atoms with Gasteiger partial charge >= 0.3 is 6.03 Å². The average Bonchev–Trinajstić information content (AvgIpc) is 3.27. The Kier molecular flexibility index (Phi) is 3.87. The van der Waals surface area contributed by atoms with Crippen molar-refractivity contribution in [2.45, 2.75) is 44.6 Å². The topological polar surface area (TPSA) is 97.1 Å². The Labute approximate surface area is 173 Å². The van der Waals surface area contributed by atoms with Crippen molar-refractivity contribution in [3.63, 3.8) is 0 Å². The highest BCUT2D eigenvalue weighted by Crippen LogP contribution is 2.53. The van der Waals surface area contributed by atoms with Gasteiger partial charge < -0.3 is 9.84 Å². The molecular formula is C23H22N4O3. The van der Waals surface area contributed by atoms with Gasteiger partial charge in [-0.3, -0.25) is 10.1 Å². The first kappa shape index (κ1) is 18.5. The van der Waals surface area contributed by atoms with Crippen molar-refractivity contribution in [2.75, 3.05) is 0 Å². The van der Waals surface area contributed by atoms with Gasteiger partial charge in [0.25, 0.3) is 5.91 Å². The smallest absolute Gasteiger partial charge is 0.322 e. The molecule has 2 heterocycles. The molecule has 7 heteroatoms. The van der Waals surface area contributed by atoms with E-state index in [4.69, 9.17) is 9.51 Å². The Balaban J connectivity index is 1.50. The first-order valence-corrected chi connectivity index (χ1v) is 9.98. The fourth-order valence-electron chi connectivity index (χ4n) is 4.25. The zero-order chi connectivity index (χ0) is 21.1. The molecule has 0 bridgehead atoms. The number of aryl methyl sites for hydroxylation is 2. The van der Waals surface area contributed by atoms with Gasteiger partial charge in [0.15, 0.2) is 0 Å². The second kappa shape index (κ2) is 6.26. The molecule has 5 rings (SSSR count). The van der Waals surface area contributed by atoms with Gasteiger partial charge in [-0.05, 0) is 50.8 Å². The predicted octanol–water partition coefficient (Wildman–Crippen LogP) is 3.49. The van der Waals surface area contributed by atoms with Gasteiger partial charge in [0, 0.05) is 5.56 Å². The van der Waals surface area contributed by atoms with Gasteiger partial charge in [-0.15, -0.1) is 0 Å². The van der Waals surface area contributed by atoms with Crippen LogP contribution >= 0.6 is 0 Å². The number of hydrogen-bond acceptors (Lipinski definition) is 5. The molecule has 0 spiro atoms. The van der Waals surface area contributed by atoms with Crippen molar-refractivity contribution in [1.29, 1.82) is 0 Å². The van der Waals surface area contributed by atoms with Crippen LogP contribution in [-0.4, -0.2) is 22.1 Å². The molecule has 2 aromatic carbocycles. The Hall–Kier alpha value is -3.48. The normalized spacial score (nSPS) is 22.0. The first-order valence-electron chi connectivity index (χ1n) is 9.98. The molecule has 1 saturated heterocycles. The molecule has 1 aliphatic heterocycles. The van der Waals surface area contributed by atoms with E-state index in [0.717, 1.165) is 18.4 Å². The summed E-state index contributed by atoms with van der Waals surface area (Å²) >= 11 is 0. The molecule has 3 aromatic rings. The minimum atomic E-state index is -1.13. The van der Waals surface area contributed by atoms with E-state index in [1.165, 1.54) is 16.7 Å². The van der Waals surface area contributed by atoms with Gasteiger partial charge in [0.2, 0.25) is 11.7 Å². The van der Waals surface area contributed by atoms with Crippen LogP contribution < -0.4 is 10.6 Å². The molecule has 2 fully saturated rings. The number of imide groups is 1. The summed E-state index contributed by atoms with van der Waals surface area (Å²) in [5.41, 5.74) is 3.69. The summed E-state index contributed by atoms with van der Waals surface area (Å²) in [4.78, 5) is 28.6. The zero-order valence-corrected chi connectivity index (χ0v) is 17.1. The van der Waals surface area contributed by atoms with Crippen molar-refractivity contribution in [1.82, 2.24) is 20.8 Å². The number of urea groups is 1. The summed E-state index contributed by atoms with van der Waals surface area (Å²) in [5.74, 6) is 0.701. The summed E-state index contributed by atoms with van der Waals surface area (Å²) < 4.78 is 5.70. The van der Waals surface area contributed by atoms with E-state index >= 15 is 0 Å². The lowest BCUT2D eigenvalue weighted by molar-refractivity contribution is -0.123. The van der Waals surface area contributed by atoms with Crippen LogP contribution in [0.25, 0.3) is 11.4 Å². The van der Waals surface area contributed by atoms with Crippen LogP contribution in [0.5, 0.6) is 0 Å². The lowest BCUT2D eigenvalue weighted by Crippen LogP contribution is -2.40. The summed E-state index contributed by atoms with van der Waals surface area (Å²) in [6, 6.07) is 13.3. The van der Waals surface area contributed by atoms with Gasteiger partial charge in [-0.2, -0.15) is 4.98 Å². The molecular weight excluding hydrogens is 380 g/mol. The number of benzene rings is 2. The summed E-state index contributed by atoms with van der Waals surface area (Å²) in [7, 11) is 0. The first-order chi connectivity index (χ1) is 14.3. The molecule has 1 unspecified atom stereocenters. The number of aromatic nitrogens is 2. The molecule has 1 aromatic heterocycles. The fraction of sp³-hybridized carbons (Fsp3) is 0.304. The molecule has 1 aliphatic carbocycles. The standard InChI is InChI=1S/C23H22N4O3/c1-13-9-14(2)11-17(10-13)23(7-8-23)20-24-18(27-30-20)15-5-4-6-16(12-15)22(3)19(28)25-21(29)26-22/h4-6,9-12H,7-8H2,1-3H3,(H2,25,26,28,29). The van der Waals surface area contributed by atoms with Crippen LogP contribution in [0.1, 0.15) is 47.9 Å². The quantitative estimate of drug-likeness (QED) is 0.651. The molecule has 1 atom stereocenters.